The third kappa shape index (κ3) is 5.32. The molecule has 1 amide bonds. The van der Waals surface area contributed by atoms with E-state index in [0.29, 0.717) is 37.1 Å². The van der Waals surface area contributed by atoms with Crippen LogP contribution in [0.3, 0.4) is 0 Å². The van der Waals surface area contributed by atoms with Gasteiger partial charge in [-0.2, -0.15) is 4.98 Å². The van der Waals surface area contributed by atoms with Crippen LogP contribution in [0.4, 0.5) is 0 Å². The van der Waals surface area contributed by atoms with E-state index in [-0.39, 0.29) is 5.91 Å². The van der Waals surface area contributed by atoms with E-state index in [0.717, 1.165) is 28.7 Å². The van der Waals surface area contributed by atoms with Gasteiger partial charge in [0.2, 0.25) is 11.7 Å². The van der Waals surface area contributed by atoms with Crippen LogP contribution in [-0.4, -0.2) is 58.1 Å². The van der Waals surface area contributed by atoms with Crippen LogP contribution < -0.4 is 4.74 Å². The van der Waals surface area contributed by atoms with Gasteiger partial charge in [-0.1, -0.05) is 45.4 Å². The molecule has 2 heterocycles. The minimum Gasteiger partial charge on any atom is -0.481 e. The van der Waals surface area contributed by atoms with Crippen LogP contribution in [0.1, 0.15) is 18.4 Å². The first-order valence-electron chi connectivity index (χ1n) is 10.3. The number of benzene rings is 2. The highest BCUT2D eigenvalue weighted by molar-refractivity contribution is 9.10. The van der Waals surface area contributed by atoms with Crippen LogP contribution in [0.2, 0.25) is 0 Å². The maximum Gasteiger partial charge on any atom is 0.263 e. The summed E-state index contributed by atoms with van der Waals surface area (Å²) < 4.78 is 12.2. The maximum absolute atomic E-state index is 12.8. The lowest BCUT2D eigenvalue weighted by Gasteiger charge is -2.35. The molecule has 1 fully saturated rings. The van der Waals surface area contributed by atoms with Crippen molar-refractivity contribution in [3.8, 4) is 17.1 Å². The molecule has 1 aliphatic rings. The smallest absolute Gasteiger partial charge is 0.263 e. The molecule has 4 rings (SSSR count). The highest BCUT2D eigenvalue weighted by Gasteiger charge is 2.27. The number of aryl methyl sites for hydroxylation is 1. The molecule has 1 saturated heterocycles. The molecule has 2 aromatic carbocycles. The third-order valence-electron chi connectivity index (χ3n) is 5.37. The summed E-state index contributed by atoms with van der Waals surface area (Å²) in [5.74, 6) is 1.89. The molecule has 162 valence electrons. The van der Waals surface area contributed by atoms with Gasteiger partial charge in [0.15, 0.2) is 6.10 Å². The number of rotatable bonds is 6. The molecule has 0 bridgehead atoms. The summed E-state index contributed by atoms with van der Waals surface area (Å²) in [5.41, 5.74) is 2.09. The molecule has 8 heteroatoms. The van der Waals surface area contributed by atoms with Crippen LogP contribution >= 0.6 is 15.9 Å². The second kappa shape index (κ2) is 9.62. The Bertz CT molecular complexity index is 1030. The van der Waals surface area contributed by atoms with Crippen molar-refractivity contribution in [3.05, 3.63) is 64.5 Å². The van der Waals surface area contributed by atoms with Crippen LogP contribution in [0.5, 0.6) is 5.75 Å². The van der Waals surface area contributed by atoms with E-state index in [1.807, 2.05) is 60.4 Å². The van der Waals surface area contributed by atoms with E-state index in [9.17, 15) is 4.79 Å². The second-order valence-corrected chi connectivity index (χ2v) is 8.56. The van der Waals surface area contributed by atoms with Crippen molar-refractivity contribution in [2.75, 3.05) is 26.2 Å². The van der Waals surface area contributed by atoms with Gasteiger partial charge in [-0.3, -0.25) is 9.69 Å². The zero-order valence-electron chi connectivity index (χ0n) is 17.6. The summed E-state index contributed by atoms with van der Waals surface area (Å²) >= 11 is 3.40. The first kappa shape index (κ1) is 21.5. The van der Waals surface area contributed by atoms with Crippen molar-refractivity contribution in [1.29, 1.82) is 0 Å². The fourth-order valence-electron chi connectivity index (χ4n) is 3.59. The first-order valence-corrected chi connectivity index (χ1v) is 11.1. The van der Waals surface area contributed by atoms with Gasteiger partial charge < -0.3 is 14.2 Å². The lowest BCUT2D eigenvalue weighted by molar-refractivity contribution is -0.139. The monoisotopic (exact) mass is 484 g/mol. The van der Waals surface area contributed by atoms with Crippen molar-refractivity contribution in [2.45, 2.75) is 26.5 Å². The molecule has 31 heavy (non-hydrogen) atoms. The predicted octanol–water partition coefficient (Wildman–Crippen LogP) is 3.92. The van der Waals surface area contributed by atoms with E-state index in [2.05, 4.69) is 31.0 Å². The van der Waals surface area contributed by atoms with Gasteiger partial charge in [0.25, 0.3) is 5.91 Å². The Labute approximate surface area is 190 Å². The molecule has 1 unspecified atom stereocenters. The van der Waals surface area contributed by atoms with Crippen LogP contribution in [0.25, 0.3) is 11.4 Å². The summed E-state index contributed by atoms with van der Waals surface area (Å²) in [5, 5.41) is 4.13. The fourth-order valence-corrected chi connectivity index (χ4v) is 3.86. The van der Waals surface area contributed by atoms with E-state index in [1.54, 1.807) is 6.92 Å². The highest BCUT2D eigenvalue weighted by atomic mass is 79.9. The van der Waals surface area contributed by atoms with Gasteiger partial charge in [0, 0.05) is 36.2 Å². The van der Waals surface area contributed by atoms with E-state index in [1.165, 1.54) is 0 Å². The summed E-state index contributed by atoms with van der Waals surface area (Å²) in [4.78, 5) is 21.4. The van der Waals surface area contributed by atoms with E-state index >= 15 is 0 Å². The third-order valence-corrected chi connectivity index (χ3v) is 5.90. The zero-order chi connectivity index (χ0) is 21.8. The van der Waals surface area contributed by atoms with Crippen molar-refractivity contribution in [3.63, 3.8) is 0 Å². The normalized spacial score (nSPS) is 15.6. The van der Waals surface area contributed by atoms with E-state index < -0.39 is 6.10 Å². The lowest BCUT2D eigenvalue weighted by Crippen LogP contribution is -2.51. The average Bonchev–Trinajstić information content (AvgIpc) is 3.24. The molecule has 0 spiro atoms. The number of nitrogens with zero attached hydrogens (tertiary/aromatic N) is 4. The Morgan fingerprint density at radius 2 is 1.84 bits per heavy atom. The highest BCUT2D eigenvalue weighted by Crippen LogP contribution is 2.21. The quantitative estimate of drug-likeness (QED) is 0.527. The minimum atomic E-state index is -0.527. The molecule has 0 radical (unpaired) electrons. The molecule has 3 aromatic rings. The van der Waals surface area contributed by atoms with Gasteiger partial charge in [0.05, 0.1) is 6.54 Å². The van der Waals surface area contributed by atoms with Crippen molar-refractivity contribution < 1.29 is 14.1 Å². The largest absolute Gasteiger partial charge is 0.481 e. The molecule has 1 atom stereocenters. The molecule has 7 nitrogen and oxygen atoms in total. The first-order chi connectivity index (χ1) is 15.0. The Balaban J connectivity index is 1.28. The molecular weight excluding hydrogens is 460 g/mol. The van der Waals surface area contributed by atoms with Gasteiger partial charge in [-0.15, -0.1) is 0 Å². The number of amides is 1. The van der Waals surface area contributed by atoms with Gasteiger partial charge >= 0.3 is 0 Å². The van der Waals surface area contributed by atoms with Crippen LogP contribution in [0.15, 0.2) is 57.5 Å². The van der Waals surface area contributed by atoms with Crippen LogP contribution in [0, 0.1) is 6.92 Å². The van der Waals surface area contributed by atoms with Gasteiger partial charge in [-0.05, 0) is 43.7 Å². The van der Waals surface area contributed by atoms with Crippen LogP contribution in [-0.2, 0) is 11.3 Å². The summed E-state index contributed by atoms with van der Waals surface area (Å²) in [6, 6.07) is 15.5. The Morgan fingerprint density at radius 3 is 2.55 bits per heavy atom. The average molecular weight is 485 g/mol. The number of hydrogen-bond acceptors (Lipinski definition) is 6. The molecule has 0 saturated carbocycles. The number of ether oxygens (including phenoxy) is 1. The van der Waals surface area contributed by atoms with Crippen molar-refractivity contribution in [1.82, 2.24) is 19.9 Å². The number of aromatic nitrogens is 2. The van der Waals surface area contributed by atoms with Gasteiger partial charge in [0.1, 0.15) is 5.75 Å². The number of piperazine rings is 1. The molecule has 1 aliphatic heterocycles. The second-order valence-electron chi connectivity index (χ2n) is 7.64. The minimum absolute atomic E-state index is 0.00204. The summed E-state index contributed by atoms with van der Waals surface area (Å²) in [7, 11) is 0. The maximum atomic E-state index is 12.8. The molecular formula is C23H25BrN4O3. The Hall–Kier alpha value is -2.71. The van der Waals surface area contributed by atoms with E-state index in [4.69, 9.17) is 9.26 Å². The predicted molar refractivity (Wildman–Crippen MR) is 121 cm³/mol. The molecule has 1 aromatic heterocycles. The standard InChI is InChI=1S/C23H25BrN4O3/c1-16-5-3-4-6-20(16)22-25-21(31-26-22)15-27-11-13-28(14-12-27)23(29)17(2)30-19-9-7-18(24)8-10-19/h3-10,17H,11-15H2,1-2H3. The number of hydrogen-bond donors (Lipinski definition) is 0. The van der Waals surface area contributed by atoms with Crippen molar-refractivity contribution >= 4 is 21.8 Å². The Morgan fingerprint density at radius 1 is 1.13 bits per heavy atom. The number of carbonyl (C=O) groups is 1. The summed E-state index contributed by atoms with van der Waals surface area (Å²) in [6.45, 7) is 7.19. The number of halogens is 1. The topological polar surface area (TPSA) is 71.7 Å². The van der Waals surface area contributed by atoms with Gasteiger partial charge in [-0.25, -0.2) is 0 Å². The Kier molecular flexibility index (Phi) is 6.67. The number of carbonyl (C=O) groups excluding carboxylic acids is 1. The van der Waals surface area contributed by atoms with Crippen molar-refractivity contribution in [2.24, 2.45) is 0 Å². The molecule has 0 aliphatic carbocycles. The summed E-state index contributed by atoms with van der Waals surface area (Å²) in [6.07, 6.45) is -0.527. The molecule has 0 N–H and O–H groups in total. The fraction of sp³-hybridized carbons (Fsp3) is 0.348. The lowest BCUT2D eigenvalue weighted by atomic mass is 10.1. The SMILES string of the molecule is Cc1ccccc1-c1noc(CN2CCN(C(=O)C(C)Oc3ccc(Br)cc3)CC2)n1. The zero-order valence-corrected chi connectivity index (χ0v) is 19.2.